The number of benzene rings is 2. The van der Waals surface area contributed by atoms with Crippen molar-refractivity contribution >= 4 is 32.7 Å². The summed E-state index contributed by atoms with van der Waals surface area (Å²) in [5, 5.41) is 13.1. The highest BCUT2D eigenvalue weighted by Crippen LogP contribution is 2.35. The van der Waals surface area contributed by atoms with Crippen molar-refractivity contribution in [1.29, 1.82) is 0 Å². The molecule has 0 fully saturated rings. The van der Waals surface area contributed by atoms with Gasteiger partial charge in [-0.15, -0.1) is 0 Å². The number of anilines is 1. The van der Waals surface area contributed by atoms with E-state index in [9.17, 15) is 5.11 Å². The Labute approximate surface area is 129 Å². The summed E-state index contributed by atoms with van der Waals surface area (Å²) >= 11 is 3.28. The van der Waals surface area contributed by atoms with Crippen molar-refractivity contribution < 1.29 is 14.3 Å². The minimum atomic E-state index is 0.150. The van der Waals surface area contributed by atoms with Crippen LogP contribution in [0, 0.1) is 0 Å². The van der Waals surface area contributed by atoms with Crippen LogP contribution in [0.4, 0.5) is 5.69 Å². The predicted octanol–water partition coefficient (Wildman–Crippen LogP) is 3.92. The highest BCUT2D eigenvalue weighted by atomic mass is 79.9. The van der Waals surface area contributed by atoms with E-state index >= 15 is 0 Å². The van der Waals surface area contributed by atoms with Gasteiger partial charge in [0, 0.05) is 18.3 Å². The van der Waals surface area contributed by atoms with Crippen molar-refractivity contribution in [2.75, 3.05) is 12.4 Å². The zero-order chi connectivity index (χ0) is 14.8. The van der Waals surface area contributed by atoms with Crippen LogP contribution in [0.3, 0.4) is 0 Å². The number of fused-ring (bicyclic) bond motifs is 1. The number of rotatable bonds is 4. The van der Waals surface area contributed by atoms with Gasteiger partial charge in [-0.1, -0.05) is 0 Å². The van der Waals surface area contributed by atoms with Gasteiger partial charge in [0.15, 0.2) is 12.0 Å². The van der Waals surface area contributed by atoms with Gasteiger partial charge >= 0.3 is 0 Å². The molecule has 0 saturated heterocycles. The monoisotopic (exact) mass is 348 g/mol. The van der Waals surface area contributed by atoms with Crippen LogP contribution in [0.1, 0.15) is 5.56 Å². The highest BCUT2D eigenvalue weighted by molar-refractivity contribution is 9.10. The third-order valence-electron chi connectivity index (χ3n) is 3.13. The van der Waals surface area contributed by atoms with Crippen molar-refractivity contribution in [2.24, 2.45) is 0 Å². The van der Waals surface area contributed by atoms with Crippen molar-refractivity contribution in [3.05, 3.63) is 46.8 Å². The zero-order valence-corrected chi connectivity index (χ0v) is 12.8. The zero-order valence-electron chi connectivity index (χ0n) is 11.3. The topological polar surface area (TPSA) is 67.5 Å². The molecule has 2 aromatic carbocycles. The summed E-state index contributed by atoms with van der Waals surface area (Å²) in [6.45, 7) is 0.552. The summed E-state index contributed by atoms with van der Waals surface area (Å²) in [4.78, 5) is 4.07. The largest absolute Gasteiger partial charge is 0.507 e. The van der Waals surface area contributed by atoms with Crippen LogP contribution in [0.5, 0.6) is 11.5 Å². The Kier molecular flexibility index (Phi) is 3.70. The van der Waals surface area contributed by atoms with Gasteiger partial charge in [0.25, 0.3) is 0 Å². The van der Waals surface area contributed by atoms with Crippen LogP contribution in [-0.2, 0) is 6.54 Å². The maximum Gasteiger partial charge on any atom is 0.181 e. The average Bonchev–Trinajstić information content (AvgIpc) is 2.95. The lowest BCUT2D eigenvalue weighted by Crippen LogP contribution is -2.00. The van der Waals surface area contributed by atoms with Crippen LogP contribution in [-0.4, -0.2) is 17.2 Å². The Hall–Kier alpha value is -2.21. The number of hydrogen-bond donors (Lipinski definition) is 2. The summed E-state index contributed by atoms with van der Waals surface area (Å²) in [5.41, 5.74) is 3.38. The number of nitrogens with zero attached hydrogens (tertiary/aromatic N) is 1. The average molecular weight is 349 g/mol. The molecular formula is C15H13BrN2O3. The van der Waals surface area contributed by atoms with Gasteiger partial charge in [-0.3, -0.25) is 0 Å². The number of oxazole rings is 1. The number of aromatic hydroxyl groups is 1. The van der Waals surface area contributed by atoms with Crippen molar-refractivity contribution in [3.63, 3.8) is 0 Å². The summed E-state index contributed by atoms with van der Waals surface area (Å²) in [6, 6.07) is 9.26. The Morgan fingerprint density at radius 3 is 3.00 bits per heavy atom. The normalized spacial score (nSPS) is 10.8. The molecule has 2 N–H and O–H groups in total. The van der Waals surface area contributed by atoms with E-state index in [4.69, 9.17) is 9.15 Å². The van der Waals surface area contributed by atoms with Crippen LogP contribution < -0.4 is 10.1 Å². The highest BCUT2D eigenvalue weighted by Gasteiger charge is 2.08. The summed E-state index contributed by atoms with van der Waals surface area (Å²) in [5.74, 6) is 0.745. The van der Waals surface area contributed by atoms with E-state index in [0.29, 0.717) is 16.8 Å². The van der Waals surface area contributed by atoms with E-state index in [1.807, 2.05) is 24.3 Å². The third-order valence-corrected chi connectivity index (χ3v) is 3.92. The predicted molar refractivity (Wildman–Crippen MR) is 83.7 cm³/mol. The molecule has 1 aromatic heterocycles. The van der Waals surface area contributed by atoms with Gasteiger partial charge in [0.2, 0.25) is 0 Å². The van der Waals surface area contributed by atoms with Crippen molar-refractivity contribution in [1.82, 2.24) is 4.98 Å². The molecule has 5 nitrogen and oxygen atoms in total. The van der Waals surface area contributed by atoms with Gasteiger partial charge in [0.05, 0.1) is 7.11 Å². The molecule has 0 aliphatic rings. The van der Waals surface area contributed by atoms with Crippen molar-refractivity contribution in [2.45, 2.75) is 6.54 Å². The molecule has 6 heteroatoms. The first-order valence-electron chi connectivity index (χ1n) is 6.30. The van der Waals surface area contributed by atoms with Crippen LogP contribution in [0.2, 0.25) is 0 Å². The van der Waals surface area contributed by atoms with Crippen LogP contribution in [0.15, 0.2) is 45.6 Å². The fourth-order valence-corrected chi connectivity index (χ4v) is 2.45. The van der Waals surface area contributed by atoms with Crippen LogP contribution in [0.25, 0.3) is 11.1 Å². The lowest BCUT2D eigenvalue weighted by molar-refractivity contribution is 0.403. The lowest BCUT2D eigenvalue weighted by atomic mass is 10.2. The minimum Gasteiger partial charge on any atom is -0.507 e. The number of halogens is 1. The van der Waals surface area contributed by atoms with E-state index in [2.05, 4.69) is 26.2 Å². The van der Waals surface area contributed by atoms with E-state index in [1.165, 1.54) is 6.39 Å². The summed E-state index contributed by atoms with van der Waals surface area (Å²) in [6.07, 6.45) is 1.42. The Morgan fingerprint density at radius 1 is 1.33 bits per heavy atom. The van der Waals surface area contributed by atoms with Gasteiger partial charge in [-0.2, -0.15) is 0 Å². The quantitative estimate of drug-likeness (QED) is 0.747. The third kappa shape index (κ3) is 2.80. The SMILES string of the molecule is COc1cc(CNc2ccc3ncoc3c2)cc(O)c1Br. The van der Waals surface area contributed by atoms with E-state index < -0.39 is 0 Å². The summed E-state index contributed by atoms with van der Waals surface area (Å²) in [7, 11) is 1.56. The standard InChI is InChI=1S/C15H13BrN2O3/c1-20-14-5-9(4-12(19)15(14)16)7-17-10-2-3-11-13(6-10)21-8-18-11/h2-6,8,17,19H,7H2,1H3. The number of aromatic nitrogens is 1. The number of phenols is 1. The molecule has 0 saturated carbocycles. The Morgan fingerprint density at radius 2 is 2.19 bits per heavy atom. The molecule has 0 aliphatic heterocycles. The molecule has 1 heterocycles. The number of phenolic OH excluding ortho intramolecular Hbond substituents is 1. The second-order valence-electron chi connectivity index (χ2n) is 4.52. The number of hydrogen-bond acceptors (Lipinski definition) is 5. The lowest BCUT2D eigenvalue weighted by Gasteiger charge is -2.10. The molecule has 21 heavy (non-hydrogen) atoms. The van der Waals surface area contributed by atoms with Gasteiger partial charge < -0.3 is 19.6 Å². The van der Waals surface area contributed by atoms with Gasteiger partial charge in [0.1, 0.15) is 21.5 Å². The number of ether oxygens (including phenoxy) is 1. The molecule has 0 atom stereocenters. The molecule has 0 bridgehead atoms. The fraction of sp³-hybridized carbons (Fsp3) is 0.133. The van der Waals surface area contributed by atoms with Gasteiger partial charge in [-0.05, 0) is 45.8 Å². The maximum absolute atomic E-state index is 9.84. The smallest absolute Gasteiger partial charge is 0.181 e. The van der Waals surface area contributed by atoms with E-state index in [1.54, 1.807) is 13.2 Å². The molecule has 0 radical (unpaired) electrons. The second kappa shape index (κ2) is 5.65. The Bertz CT molecular complexity index is 786. The van der Waals surface area contributed by atoms with E-state index in [0.717, 1.165) is 22.4 Å². The van der Waals surface area contributed by atoms with E-state index in [-0.39, 0.29) is 5.75 Å². The molecular weight excluding hydrogens is 336 g/mol. The maximum atomic E-state index is 9.84. The molecule has 108 valence electrons. The van der Waals surface area contributed by atoms with Crippen LogP contribution >= 0.6 is 15.9 Å². The molecule has 0 spiro atoms. The first-order chi connectivity index (χ1) is 10.2. The molecule has 0 unspecified atom stereocenters. The Balaban J connectivity index is 1.79. The molecule has 3 aromatic rings. The molecule has 3 rings (SSSR count). The molecule has 0 aliphatic carbocycles. The first-order valence-corrected chi connectivity index (χ1v) is 7.09. The fourth-order valence-electron chi connectivity index (χ4n) is 2.06. The van der Waals surface area contributed by atoms with Crippen molar-refractivity contribution in [3.8, 4) is 11.5 Å². The second-order valence-corrected chi connectivity index (χ2v) is 5.31. The summed E-state index contributed by atoms with van der Waals surface area (Å²) < 4.78 is 11.0. The first kappa shape index (κ1) is 13.8. The number of nitrogens with one attached hydrogen (secondary N) is 1. The minimum absolute atomic E-state index is 0.150. The number of methoxy groups -OCH3 is 1. The molecule has 0 amide bonds. The van der Waals surface area contributed by atoms with Gasteiger partial charge in [-0.25, -0.2) is 4.98 Å².